The second-order valence-electron chi connectivity index (χ2n) is 7.43. The first-order valence-corrected chi connectivity index (χ1v) is 11.9. The molecule has 7 nitrogen and oxygen atoms in total. The van der Waals surface area contributed by atoms with E-state index in [2.05, 4.69) is 15.4 Å². The third-order valence-corrected chi connectivity index (χ3v) is 6.33. The zero-order chi connectivity index (χ0) is 22.9. The van der Waals surface area contributed by atoms with Crippen LogP contribution in [0, 0.1) is 5.82 Å². The van der Waals surface area contributed by atoms with Gasteiger partial charge in [-0.15, -0.1) is 0 Å². The number of hydrogen-bond acceptors (Lipinski definition) is 5. The van der Waals surface area contributed by atoms with Gasteiger partial charge in [-0.2, -0.15) is 5.10 Å². The lowest BCUT2D eigenvalue weighted by atomic mass is 10.0. The normalized spacial score (nSPS) is 12.6. The molecule has 2 aromatic carbocycles. The molecule has 0 aliphatic carbocycles. The van der Waals surface area contributed by atoms with Crippen LogP contribution in [-0.2, 0) is 9.84 Å². The van der Waals surface area contributed by atoms with Gasteiger partial charge in [0.2, 0.25) is 0 Å². The van der Waals surface area contributed by atoms with Crippen LogP contribution in [-0.4, -0.2) is 35.3 Å². The van der Waals surface area contributed by atoms with E-state index < -0.39 is 9.84 Å². The molecule has 1 N–H and O–H groups in total. The summed E-state index contributed by atoms with van der Waals surface area (Å²) in [6, 6.07) is 12.0. The molecule has 32 heavy (non-hydrogen) atoms. The molecule has 0 aliphatic heterocycles. The average Bonchev–Trinajstić information content (AvgIpc) is 3.21. The lowest BCUT2D eigenvalue weighted by Gasteiger charge is -2.18. The van der Waals surface area contributed by atoms with E-state index in [1.165, 1.54) is 24.4 Å². The summed E-state index contributed by atoms with van der Waals surface area (Å²) in [6.07, 6.45) is 6.35. The van der Waals surface area contributed by atoms with Gasteiger partial charge in [-0.1, -0.05) is 19.1 Å². The van der Waals surface area contributed by atoms with Crippen molar-refractivity contribution in [2.24, 2.45) is 0 Å². The van der Waals surface area contributed by atoms with E-state index in [0.717, 1.165) is 6.26 Å². The zero-order valence-electron chi connectivity index (χ0n) is 17.5. The highest BCUT2D eigenvalue weighted by Gasteiger charge is 2.20. The van der Waals surface area contributed by atoms with E-state index >= 15 is 0 Å². The topological polar surface area (TPSA) is 93.9 Å². The largest absolute Gasteiger partial charge is 0.345 e. The van der Waals surface area contributed by atoms with Crippen LogP contribution in [0.3, 0.4) is 0 Å². The van der Waals surface area contributed by atoms with Crippen LogP contribution in [0.5, 0.6) is 0 Å². The Hall–Kier alpha value is -3.59. The van der Waals surface area contributed by atoms with Crippen molar-refractivity contribution in [2.45, 2.75) is 24.3 Å². The Morgan fingerprint density at radius 3 is 2.56 bits per heavy atom. The van der Waals surface area contributed by atoms with Gasteiger partial charge in [-0.05, 0) is 48.4 Å². The van der Waals surface area contributed by atoms with E-state index in [1.54, 1.807) is 47.4 Å². The van der Waals surface area contributed by atoms with Gasteiger partial charge in [0.15, 0.2) is 9.84 Å². The van der Waals surface area contributed by atoms with Gasteiger partial charge in [-0.3, -0.25) is 9.78 Å². The van der Waals surface area contributed by atoms with Gasteiger partial charge in [0.05, 0.1) is 40.1 Å². The first kappa shape index (κ1) is 21.6. The summed E-state index contributed by atoms with van der Waals surface area (Å²) >= 11 is 0. The Balaban J connectivity index is 1.66. The molecule has 0 fully saturated rings. The third kappa shape index (κ3) is 4.24. The minimum absolute atomic E-state index is 0.201. The Kier molecular flexibility index (Phi) is 5.75. The Morgan fingerprint density at radius 2 is 1.88 bits per heavy atom. The number of fused-ring (bicyclic) bond motifs is 1. The van der Waals surface area contributed by atoms with E-state index in [9.17, 15) is 17.6 Å². The Morgan fingerprint density at radius 1 is 1.12 bits per heavy atom. The Bertz CT molecular complexity index is 1400. The molecular weight excluding hydrogens is 431 g/mol. The number of nitrogens with zero attached hydrogens (tertiary/aromatic N) is 3. The van der Waals surface area contributed by atoms with Crippen LogP contribution >= 0.6 is 0 Å². The molecule has 0 aliphatic rings. The summed E-state index contributed by atoms with van der Waals surface area (Å²) in [5, 5.41) is 7.91. The fourth-order valence-corrected chi connectivity index (χ4v) is 4.21. The summed E-state index contributed by atoms with van der Waals surface area (Å²) in [5.41, 5.74) is 2.29. The van der Waals surface area contributed by atoms with Crippen molar-refractivity contribution in [1.82, 2.24) is 20.1 Å². The van der Waals surface area contributed by atoms with Crippen molar-refractivity contribution in [3.8, 4) is 5.69 Å². The Labute approximate surface area is 184 Å². The van der Waals surface area contributed by atoms with Gasteiger partial charge < -0.3 is 5.32 Å². The maximum Gasteiger partial charge on any atom is 0.254 e. The fourth-order valence-electron chi connectivity index (χ4n) is 3.53. The molecule has 1 amide bonds. The second-order valence-corrected chi connectivity index (χ2v) is 9.45. The number of carbonyl (C=O) groups excluding carboxylic acids is 1. The summed E-state index contributed by atoms with van der Waals surface area (Å²) in [5.74, 6) is -0.702. The van der Waals surface area contributed by atoms with Crippen molar-refractivity contribution >= 4 is 26.6 Å². The second kappa shape index (κ2) is 8.51. The highest BCUT2D eigenvalue weighted by Crippen LogP contribution is 2.24. The van der Waals surface area contributed by atoms with Gasteiger partial charge in [0.25, 0.3) is 5.91 Å². The minimum Gasteiger partial charge on any atom is -0.345 e. The maximum absolute atomic E-state index is 13.3. The third-order valence-electron chi connectivity index (χ3n) is 5.22. The quantitative estimate of drug-likeness (QED) is 0.480. The van der Waals surface area contributed by atoms with Gasteiger partial charge in [0.1, 0.15) is 5.82 Å². The SMILES string of the molecule is CC[C@H](NC(=O)c1cncc2c1cnn2-c1ccc(F)cc1)c1cccc(S(C)(=O)=O)c1. The van der Waals surface area contributed by atoms with Crippen molar-refractivity contribution in [1.29, 1.82) is 0 Å². The number of hydrogen-bond donors (Lipinski definition) is 1. The standard InChI is InChI=1S/C23H21FN4O3S/c1-3-21(15-5-4-6-18(11-15)32(2,30)31)27-23(29)20-12-25-14-22-19(20)13-26-28(22)17-9-7-16(24)8-10-17/h4-14,21H,3H2,1-2H3,(H,27,29)/t21-/m0/s1. The first-order chi connectivity index (χ1) is 15.3. The molecule has 164 valence electrons. The molecular formula is C23H21FN4O3S. The first-order valence-electron chi connectivity index (χ1n) is 9.96. The predicted molar refractivity (Wildman–Crippen MR) is 119 cm³/mol. The molecule has 0 spiro atoms. The number of carbonyl (C=O) groups is 1. The molecule has 0 radical (unpaired) electrons. The van der Waals surface area contributed by atoms with E-state index in [0.29, 0.717) is 34.1 Å². The van der Waals surface area contributed by atoms with Crippen LogP contribution < -0.4 is 5.32 Å². The van der Waals surface area contributed by atoms with Gasteiger partial charge in [-0.25, -0.2) is 17.5 Å². The summed E-state index contributed by atoms with van der Waals surface area (Å²) in [4.78, 5) is 17.5. The predicted octanol–water partition coefficient (Wildman–Crippen LogP) is 3.84. The van der Waals surface area contributed by atoms with E-state index in [1.807, 2.05) is 6.92 Å². The number of amides is 1. The zero-order valence-corrected chi connectivity index (χ0v) is 18.3. The maximum atomic E-state index is 13.3. The lowest BCUT2D eigenvalue weighted by Crippen LogP contribution is -2.28. The van der Waals surface area contributed by atoms with Crippen LogP contribution in [0.1, 0.15) is 35.3 Å². The molecule has 1 atom stereocenters. The highest BCUT2D eigenvalue weighted by molar-refractivity contribution is 7.90. The minimum atomic E-state index is -3.36. The van der Waals surface area contributed by atoms with E-state index in [-0.39, 0.29) is 22.7 Å². The van der Waals surface area contributed by atoms with Crippen LogP contribution in [0.4, 0.5) is 4.39 Å². The number of rotatable bonds is 6. The number of nitrogens with one attached hydrogen (secondary N) is 1. The summed E-state index contributed by atoms with van der Waals surface area (Å²) in [7, 11) is -3.36. The average molecular weight is 453 g/mol. The number of halogens is 1. The highest BCUT2D eigenvalue weighted by atomic mass is 32.2. The summed E-state index contributed by atoms with van der Waals surface area (Å²) in [6.45, 7) is 1.91. The molecule has 0 saturated heterocycles. The van der Waals surface area contributed by atoms with Crippen LogP contribution in [0.2, 0.25) is 0 Å². The van der Waals surface area contributed by atoms with Crippen LogP contribution in [0.25, 0.3) is 16.6 Å². The molecule has 0 unspecified atom stereocenters. The molecule has 4 rings (SSSR count). The van der Waals surface area contributed by atoms with Crippen LogP contribution in [0.15, 0.2) is 72.0 Å². The number of benzene rings is 2. The van der Waals surface area contributed by atoms with E-state index in [4.69, 9.17) is 0 Å². The van der Waals surface area contributed by atoms with Crippen molar-refractivity contribution in [3.63, 3.8) is 0 Å². The summed E-state index contributed by atoms with van der Waals surface area (Å²) < 4.78 is 38.7. The number of pyridine rings is 1. The molecule has 0 bridgehead atoms. The van der Waals surface area contributed by atoms with Gasteiger partial charge in [0, 0.05) is 17.8 Å². The molecule has 4 aromatic rings. The molecule has 0 saturated carbocycles. The van der Waals surface area contributed by atoms with Crippen molar-refractivity contribution in [3.05, 3.63) is 84.1 Å². The van der Waals surface area contributed by atoms with Crippen molar-refractivity contribution < 1.29 is 17.6 Å². The monoisotopic (exact) mass is 452 g/mol. The van der Waals surface area contributed by atoms with Gasteiger partial charge >= 0.3 is 0 Å². The molecule has 9 heteroatoms. The molecule has 2 aromatic heterocycles. The number of aromatic nitrogens is 3. The number of sulfone groups is 1. The smallest absolute Gasteiger partial charge is 0.254 e. The lowest BCUT2D eigenvalue weighted by molar-refractivity contribution is 0.0937. The van der Waals surface area contributed by atoms with Crippen molar-refractivity contribution in [2.75, 3.05) is 6.26 Å². The fraction of sp³-hybridized carbons (Fsp3) is 0.174. The molecule has 2 heterocycles.